The molecule has 3 aromatic rings. The average molecular weight is 309 g/mol. The van der Waals surface area contributed by atoms with Crippen LogP contribution in [0.2, 0.25) is 0 Å². The molecule has 1 aliphatic rings. The lowest BCUT2D eigenvalue weighted by atomic mass is 9.77. The van der Waals surface area contributed by atoms with E-state index in [1.54, 1.807) is 6.20 Å². The van der Waals surface area contributed by atoms with Crippen LogP contribution in [0.4, 0.5) is 0 Å². The second-order valence-electron chi connectivity index (χ2n) is 6.24. The highest BCUT2D eigenvalue weighted by Gasteiger charge is 2.39. The maximum atomic E-state index is 6.28. The minimum absolute atomic E-state index is 0.408. The molecule has 0 atom stereocenters. The van der Waals surface area contributed by atoms with Gasteiger partial charge >= 0.3 is 0 Å². The normalized spacial score (nSPS) is 16.3. The summed E-state index contributed by atoms with van der Waals surface area (Å²) in [4.78, 5) is 8.97. The third-order valence-corrected chi connectivity index (χ3v) is 4.66. The van der Waals surface area contributed by atoms with Crippen LogP contribution in [0.25, 0.3) is 17.3 Å². The van der Waals surface area contributed by atoms with E-state index in [1.165, 1.54) is 0 Å². The van der Waals surface area contributed by atoms with Crippen LogP contribution in [-0.2, 0) is 5.54 Å². The number of hydrogen-bond donors (Lipinski definition) is 1. The number of aryl methyl sites for hydroxylation is 1. The Hall–Kier alpha value is -2.47. The van der Waals surface area contributed by atoms with E-state index in [2.05, 4.69) is 19.7 Å². The van der Waals surface area contributed by atoms with Crippen LogP contribution >= 0.6 is 0 Å². The molecule has 4 rings (SSSR count). The Morgan fingerprint density at radius 3 is 2.74 bits per heavy atom. The molecule has 3 aromatic heterocycles. The monoisotopic (exact) mass is 309 g/mol. The first kappa shape index (κ1) is 14.1. The Bertz CT molecular complexity index is 845. The molecule has 0 bridgehead atoms. The predicted octanol–water partition coefficient (Wildman–Crippen LogP) is 2.88. The van der Waals surface area contributed by atoms with Crippen LogP contribution in [0.5, 0.6) is 0 Å². The van der Waals surface area contributed by atoms with E-state index >= 15 is 0 Å². The van der Waals surface area contributed by atoms with Gasteiger partial charge in [0.05, 0.1) is 11.1 Å². The maximum Gasteiger partial charge on any atom is 0.259 e. The Balaban J connectivity index is 1.76. The highest BCUT2D eigenvalue weighted by atomic mass is 16.5. The highest BCUT2D eigenvalue weighted by molar-refractivity contribution is 5.60. The Labute approximate surface area is 134 Å². The Morgan fingerprint density at radius 2 is 2.09 bits per heavy atom. The van der Waals surface area contributed by atoms with E-state index in [4.69, 9.17) is 10.3 Å². The molecule has 0 aromatic carbocycles. The van der Waals surface area contributed by atoms with Gasteiger partial charge in [-0.15, -0.1) is 0 Å². The van der Waals surface area contributed by atoms with Crippen molar-refractivity contribution in [1.82, 2.24) is 19.7 Å². The number of aromatic nitrogens is 4. The van der Waals surface area contributed by atoms with Gasteiger partial charge in [0, 0.05) is 17.6 Å². The smallest absolute Gasteiger partial charge is 0.259 e. The van der Waals surface area contributed by atoms with Gasteiger partial charge in [-0.05, 0) is 51.3 Å². The lowest BCUT2D eigenvalue weighted by Crippen LogP contribution is -2.44. The summed E-state index contributed by atoms with van der Waals surface area (Å²) >= 11 is 0. The zero-order valence-electron chi connectivity index (χ0n) is 13.3. The van der Waals surface area contributed by atoms with Crippen LogP contribution < -0.4 is 5.73 Å². The zero-order valence-corrected chi connectivity index (χ0v) is 13.3. The van der Waals surface area contributed by atoms with Gasteiger partial charge in [0.25, 0.3) is 5.89 Å². The van der Waals surface area contributed by atoms with E-state index in [0.717, 1.165) is 42.0 Å². The van der Waals surface area contributed by atoms with Crippen molar-refractivity contribution in [3.05, 3.63) is 47.7 Å². The standard InChI is InChI=1S/C17H19N5O/c1-11-10-13(12(2)22(11)14-6-3-4-9-19-14)15-20-16(21-23-15)17(18)7-5-8-17/h3-4,6,9-10H,5,7-8,18H2,1-2H3. The number of hydrogen-bond acceptors (Lipinski definition) is 5. The molecule has 1 aliphatic carbocycles. The molecule has 1 saturated carbocycles. The van der Waals surface area contributed by atoms with E-state index in [9.17, 15) is 0 Å². The van der Waals surface area contributed by atoms with Crippen LogP contribution in [0, 0.1) is 13.8 Å². The first-order chi connectivity index (χ1) is 11.1. The first-order valence-electron chi connectivity index (χ1n) is 7.82. The molecular weight excluding hydrogens is 290 g/mol. The summed E-state index contributed by atoms with van der Waals surface area (Å²) in [7, 11) is 0. The maximum absolute atomic E-state index is 6.28. The lowest BCUT2D eigenvalue weighted by Gasteiger charge is -2.34. The topological polar surface area (TPSA) is 82.8 Å². The van der Waals surface area contributed by atoms with E-state index < -0.39 is 5.54 Å². The summed E-state index contributed by atoms with van der Waals surface area (Å²) in [5.74, 6) is 2.01. The Kier molecular flexibility index (Phi) is 3.09. The van der Waals surface area contributed by atoms with Gasteiger partial charge < -0.3 is 14.8 Å². The SMILES string of the molecule is Cc1cc(-c2nc(C3(N)CCC3)no2)c(C)n1-c1ccccn1. The van der Waals surface area contributed by atoms with Crippen molar-refractivity contribution in [2.24, 2.45) is 5.73 Å². The van der Waals surface area contributed by atoms with Gasteiger partial charge in [-0.3, -0.25) is 0 Å². The van der Waals surface area contributed by atoms with Crippen LogP contribution in [0.1, 0.15) is 36.5 Å². The summed E-state index contributed by atoms with van der Waals surface area (Å²) < 4.78 is 7.57. The minimum Gasteiger partial charge on any atom is -0.334 e. The highest BCUT2D eigenvalue weighted by Crippen LogP contribution is 2.38. The second kappa shape index (κ2) is 5.03. The largest absolute Gasteiger partial charge is 0.334 e. The molecule has 0 amide bonds. The fourth-order valence-corrected chi connectivity index (χ4v) is 3.13. The molecule has 118 valence electrons. The van der Waals surface area contributed by atoms with Crippen molar-refractivity contribution in [2.45, 2.75) is 38.6 Å². The molecule has 0 spiro atoms. The van der Waals surface area contributed by atoms with Crippen molar-refractivity contribution in [3.8, 4) is 17.3 Å². The average Bonchev–Trinajstić information content (AvgIpc) is 3.11. The van der Waals surface area contributed by atoms with Crippen molar-refractivity contribution < 1.29 is 4.52 Å². The number of nitrogens with two attached hydrogens (primary N) is 1. The molecule has 0 aliphatic heterocycles. The molecule has 23 heavy (non-hydrogen) atoms. The third-order valence-electron chi connectivity index (χ3n) is 4.66. The summed E-state index contributed by atoms with van der Waals surface area (Å²) in [6.07, 6.45) is 4.74. The van der Waals surface area contributed by atoms with Crippen molar-refractivity contribution in [1.29, 1.82) is 0 Å². The van der Waals surface area contributed by atoms with E-state index in [1.807, 2.05) is 38.1 Å². The van der Waals surface area contributed by atoms with Gasteiger partial charge in [0.15, 0.2) is 5.82 Å². The van der Waals surface area contributed by atoms with E-state index in [-0.39, 0.29) is 0 Å². The fourth-order valence-electron chi connectivity index (χ4n) is 3.13. The van der Waals surface area contributed by atoms with Crippen molar-refractivity contribution >= 4 is 0 Å². The summed E-state index contributed by atoms with van der Waals surface area (Å²) in [6, 6.07) is 7.90. The molecule has 0 unspecified atom stereocenters. The van der Waals surface area contributed by atoms with Gasteiger partial charge in [0.2, 0.25) is 0 Å². The molecule has 6 heteroatoms. The number of nitrogens with zero attached hydrogens (tertiary/aromatic N) is 4. The van der Waals surface area contributed by atoms with Gasteiger partial charge in [-0.2, -0.15) is 4.98 Å². The number of pyridine rings is 1. The van der Waals surface area contributed by atoms with Crippen molar-refractivity contribution in [3.63, 3.8) is 0 Å². The molecule has 0 saturated heterocycles. The van der Waals surface area contributed by atoms with Crippen molar-refractivity contribution in [2.75, 3.05) is 0 Å². The molecule has 6 nitrogen and oxygen atoms in total. The zero-order chi connectivity index (χ0) is 16.0. The first-order valence-corrected chi connectivity index (χ1v) is 7.82. The molecule has 1 fully saturated rings. The second-order valence-corrected chi connectivity index (χ2v) is 6.24. The van der Waals surface area contributed by atoms with E-state index in [0.29, 0.717) is 11.7 Å². The van der Waals surface area contributed by atoms with Gasteiger partial charge in [0.1, 0.15) is 5.82 Å². The summed E-state index contributed by atoms with van der Waals surface area (Å²) in [6.45, 7) is 4.07. The van der Waals surface area contributed by atoms with Crippen LogP contribution in [-0.4, -0.2) is 19.7 Å². The van der Waals surface area contributed by atoms with Crippen LogP contribution in [0.15, 0.2) is 35.0 Å². The lowest BCUT2D eigenvalue weighted by molar-refractivity contribution is 0.229. The van der Waals surface area contributed by atoms with Gasteiger partial charge in [-0.25, -0.2) is 4.98 Å². The van der Waals surface area contributed by atoms with Crippen LogP contribution in [0.3, 0.4) is 0 Å². The molecule has 0 radical (unpaired) electrons. The quantitative estimate of drug-likeness (QED) is 0.804. The summed E-state index contributed by atoms with van der Waals surface area (Å²) in [5.41, 5.74) is 8.89. The Morgan fingerprint density at radius 1 is 1.26 bits per heavy atom. The fraction of sp³-hybridized carbons (Fsp3) is 0.353. The third kappa shape index (κ3) is 2.17. The van der Waals surface area contributed by atoms with Gasteiger partial charge in [-0.1, -0.05) is 11.2 Å². The molecule has 2 N–H and O–H groups in total. The molecular formula is C17H19N5O. The molecule has 3 heterocycles. The predicted molar refractivity (Wildman–Crippen MR) is 86.0 cm³/mol. The summed E-state index contributed by atoms with van der Waals surface area (Å²) in [5, 5.41) is 4.10. The minimum atomic E-state index is -0.408. The number of rotatable bonds is 3.